The van der Waals surface area contributed by atoms with Gasteiger partial charge in [0.1, 0.15) is 0 Å². The van der Waals surface area contributed by atoms with Gasteiger partial charge in [0.05, 0.1) is 34.9 Å². The first-order valence-electron chi connectivity index (χ1n) is 9.34. The van der Waals surface area contributed by atoms with Crippen molar-refractivity contribution >= 4 is 22.6 Å². The van der Waals surface area contributed by atoms with E-state index < -0.39 is 17.7 Å². The SMILES string of the molecule is C=C(N)C(=O)C(Cc1c[nH]c2ccccc12)NC(=O)c1cn[nH]c1-c1ccccn1. The van der Waals surface area contributed by atoms with Gasteiger partial charge < -0.3 is 16.0 Å². The average molecular weight is 400 g/mol. The summed E-state index contributed by atoms with van der Waals surface area (Å²) in [6, 6.07) is 12.2. The van der Waals surface area contributed by atoms with E-state index in [-0.39, 0.29) is 17.7 Å². The van der Waals surface area contributed by atoms with Gasteiger partial charge in [0.25, 0.3) is 5.91 Å². The quantitative estimate of drug-likeness (QED) is 0.354. The molecule has 4 rings (SSSR count). The number of hydrogen-bond donors (Lipinski definition) is 4. The molecule has 0 bridgehead atoms. The van der Waals surface area contributed by atoms with Crippen molar-refractivity contribution in [2.24, 2.45) is 5.73 Å². The van der Waals surface area contributed by atoms with Gasteiger partial charge in [-0.25, -0.2) is 0 Å². The number of carbonyl (C=O) groups is 2. The lowest BCUT2D eigenvalue weighted by molar-refractivity contribution is -0.117. The van der Waals surface area contributed by atoms with Crippen LogP contribution in [0.15, 0.2) is 73.3 Å². The number of fused-ring (bicyclic) bond motifs is 1. The van der Waals surface area contributed by atoms with Crippen LogP contribution in [0.4, 0.5) is 0 Å². The Morgan fingerprint density at radius 3 is 2.73 bits per heavy atom. The van der Waals surface area contributed by atoms with E-state index in [2.05, 4.69) is 32.1 Å². The van der Waals surface area contributed by atoms with Crippen molar-refractivity contribution in [3.8, 4) is 11.4 Å². The summed E-state index contributed by atoms with van der Waals surface area (Å²) >= 11 is 0. The summed E-state index contributed by atoms with van der Waals surface area (Å²) < 4.78 is 0. The van der Waals surface area contributed by atoms with Crippen LogP contribution in [0.3, 0.4) is 0 Å². The van der Waals surface area contributed by atoms with Gasteiger partial charge >= 0.3 is 0 Å². The fraction of sp³-hybridized carbons (Fsp3) is 0.0909. The maximum absolute atomic E-state index is 13.0. The van der Waals surface area contributed by atoms with Gasteiger partial charge in [0.2, 0.25) is 0 Å². The van der Waals surface area contributed by atoms with E-state index in [4.69, 9.17) is 5.73 Å². The van der Waals surface area contributed by atoms with Gasteiger partial charge in [-0.1, -0.05) is 30.8 Å². The molecule has 4 aromatic rings. The fourth-order valence-electron chi connectivity index (χ4n) is 3.35. The zero-order chi connectivity index (χ0) is 21.1. The number of aromatic amines is 2. The Bertz CT molecular complexity index is 1220. The van der Waals surface area contributed by atoms with Crippen molar-refractivity contribution in [1.29, 1.82) is 0 Å². The van der Waals surface area contributed by atoms with E-state index in [1.807, 2.05) is 36.5 Å². The number of Topliss-reactive ketones (excluding diaryl/α,β-unsaturated/α-hetero) is 1. The number of H-pyrrole nitrogens is 2. The minimum absolute atomic E-state index is 0.114. The van der Waals surface area contributed by atoms with Crippen molar-refractivity contribution in [3.63, 3.8) is 0 Å². The van der Waals surface area contributed by atoms with E-state index in [0.29, 0.717) is 11.4 Å². The van der Waals surface area contributed by atoms with Crippen LogP contribution >= 0.6 is 0 Å². The minimum Gasteiger partial charge on any atom is -0.396 e. The molecule has 1 amide bonds. The molecule has 0 spiro atoms. The van der Waals surface area contributed by atoms with Crippen LogP contribution in [0.1, 0.15) is 15.9 Å². The van der Waals surface area contributed by atoms with Crippen LogP contribution in [0.5, 0.6) is 0 Å². The van der Waals surface area contributed by atoms with Crippen molar-refractivity contribution in [3.05, 3.63) is 84.5 Å². The first-order valence-corrected chi connectivity index (χ1v) is 9.34. The molecule has 30 heavy (non-hydrogen) atoms. The Labute approximate surface area is 172 Å². The standard InChI is InChI=1S/C22H20N6O2/c1-13(23)21(29)19(10-14-11-25-17-7-3-2-6-15(14)17)27-22(30)16-12-26-28-20(16)18-8-4-5-9-24-18/h2-9,11-12,19,25H,1,10,23H2,(H,26,28)(H,27,30). The maximum atomic E-state index is 13.0. The van der Waals surface area contributed by atoms with E-state index in [1.165, 1.54) is 6.20 Å². The summed E-state index contributed by atoms with van der Waals surface area (Å²) in [6.45, 7) is 3.54. The maximum Gasteiger partial charge on any atom is 0.255 e. The van der Waals surface area contributed by atoms with E-state index in [1.54, 1.807) is 18.3 Å². The number of carbonyl (C=O) groups excluding carboxylic acids is 2. The molecule has 3 aromatic heterocycles. The highest BCUT2D eigenvalue weighted by Crippen LogP contribution is 2.21. The number of benzene rings is 1. The smallest absolute Gasteiger partial charge is 0.255 e. The number of rotatable bonds is 7. The summed E-state index contributed by atoms with van der Waals surface area (Å²) in [7, 11) is 0. The highest BCUT2D eigenvalue weighted by molar-refractivity contribution is 6.05. The van der Waals surface area contributed by atoms with Crippen LogP contribution in [0.25, 0.3) is 22.3 Å². The lowest BCUT2D eigenvalue weighted by atomic mass is 10.00. The average Bonchev–Trinajstić information content (AvgIpc) is 3.41. The summed E-state index contributed by atoms with van der Waals surface area (Å²) in [5.41, 5.74) is 8.72. The number of nitrogens with one attached hydrogen (secondary N) is 3. The minimum atomic E-state index is -0.874. The number of para-hydroxylation sites is 1. The molecule has 0 aliphatic carbocycles. The molecule has 0 saturated carbocycles. The number of nitrogens with zero attached hydrogens (tertiary/aromatic N) is 2. The zero-order valence-electron chi connectivity index (χ0n) is 16.1. The Morgan fingerprint density at radius 1 is 1.17 bits per heavy atom. The molecule has 8 nitrogen and oxygen atoms in total. The monoisotopic (exact) mass is 400 g/mol. The zero-order valence-corrected chi connectivity index (χ0v) is 16.1. The Kier molecular flexibility index (Phi) is 5.13. The molecule has 1 atom stereocenters. The second-order valence-corrected chi connectivity index (χ2v) is 6.85. The third kappa shape index (κ3) is 3.70. The normalized spacial score (nSPS) is 11.9. The molecule has 150 valence electrons. The molecule has 0 radical (unpaired) electrons. The molecule has 3 heterocycles. The van der Waals surface area contributed by atoms with Crippen LogP contribution in [0, 0.1) is 0 Å². The van der Waals surface area contributed by atoms with Gasteiger partial charge in [-0.05, 0) is 23.8 Å². The van der Waals surface area contributed by atoms with Crippen molar-refractivity contribution < 1.29 is 9.59 Å². The number of nitrogens with two attached hydrogens (primary N) is 1. The lowest BCUT2D eigenvalue weighted by Crippen LogP contribution is -2.44. The molecule has 0 saturated heterocycles. The number of amides is 1. The largest absolute Gasteiger partial charge is 0.396 e. The highest BCUT2D eigenvalue weighted by atomic mass is 16.2. The third-order valence-corrected chi connectivity index (χ3v) is 4.84. The van der Waals surface area contributed by atoms with Gasteiger partial charge in [-0.15, -0.1) is 0 Å². The summed E-state index contributed by atoms with van der Waals surface area (Å²) in [4.78, 5) is 33.1. The van der Waals surface area contributed by atoms with Crippen LogP contribution in [0.2, 0.25) is 0 Å². The van der Waals surface area contributed by atoms with Crippen molar-refractivity contribution in [2.75, 3.05) is 0 Å². The Hall–Kier alpha value is -4.20. The summed E-state index contributed by atoms with van der Waals surface area (Å²) in [6.07, 6.45) is 5.12. The molecular formula is C22H20N6O2. The number of pyridine rings is 1. The van der Waals surface area contributed by atoms with Gasteiger partial charge in [0, 0.05) is 29.7 Å². The predicted molar refractivity (Wildman–Crippen MR) is 113 cm³/mol. The highest BCUT2D eigenvalue weighted by Gasteiger charge is 2.26. The summed E-state index contributed by atoms with van der Waals surface area (Å²) in [5.74, 6) is -0.889. The molecule has 0 aliphatic rings. The lowest BCUT2D eigenvalue weighted by Gasteiger charge is -2.17. The van der Waals surface area contributed by atoms with E-state index in [0.717, 1.165) is 16.5 Å². The number of aromatic nitrogens is 4. The van der Waals surface area contributed by atoms with E-state index >= 15 is 0 Å². The first-order chi connectivity index (χ1) is 14.5. The Balaban J connectivity index is 1.62. The van der Waals surface area contributed by atoms with E-state index in [9.17, 15) is 9.59 Å². The third-order valence-electron chi connectivity index (χ3n) is 4.84. The van der Waals surface area contributed by atoms with Crippen LogP contribution < -0.4 is 11.1 Å². The number of ketones is 1. The Morgan fingerprint density at radius 2 is 1.97 bits per heavy atom. The van der Waals surface area contributed by atoms with Gasteiger partial charge in [0.15, 0.2) is 5.78 Å². The molecule has 1 unspecified atom stereocenters. The molecule has 0 aliphatic heterocycles. The molecule has 5 N–H and O–H groups in total. The fourth-order valence-corrected chi connectivity index (χ4v) is 3.35. The second-order valence-electron chi connectivity index (χ2n) is 6.85. The predicted octanol–water partition coefficient (Wildman–Crippen LogP) is 2.34. The van der Waals surface area contributed by atoms with Gasteiger partial charge in [-0.2, -0.15) is 5.10 Å². The number of hydrogen-bond acceptors (Lipinski definition) is 5. The molecule has 8 heteroatoms. The van der Waals surface area contributed by atoms with Crippen LogP contribution in [-0.4, -0.2) is 37.9 Å². The second kappa shape index (κ2) is 8.04. The molecule has 1 aromatic carbocycles. The molecule has 0 fully saturated rings. The van der Waals surface area contributed by atoms with Crippen molar-refractivity contribution in [1.82, 2.24) is 25.5 Å². The molecular weight excluding hydrogens is 380 g/mol. The van der Waals surface area contributed by atoms with Crippen LogP contribution in [-0.2, 0) is 11.2 Å². The topological polar surface area (TPSA) is 130 Å². The van der Waals surface area contributed by atoms with Gasteiger partial charge in [-0.3, -0.25) is 19.7 Å². The summed E-state index contributed by atoms with van der Waals surface area (Å²) in [5, 5.41) is 10.5. The van der Waals surface area contributed by atoms with Crippen molar-refractivity contribution in [2.45, 2.75) is 12.5 Å². The first kappa shape index (κ1) is 19.1.